The van der Waals surface area contributed by atoms with Crippen LogP contribution >= 0.6 is 11.3 Å². The first-order valence-corrected chi connectivity index (χ1v) is 11.6. The molecule has 4 heterocycles. The van der Waals surface area contributed by atoms with Crippen LogP contribution in [0.4, 0.5) is 30.4 Å². The van der Waals surface area contributed by atoms with Gasteiger partial charge in [0.2, 0.25) is 6.29 Å². The van der Waals surface area contributed by atoms with Gasteiger partial charge in [0.1, 0.15) is 0 Å². The molecule has 1 unspecified atom stereocenters. The number of hydroxylamine groups is 1. The summed E-state index contributed by atoms with van der Waals surface area (Å²) in [5.74, 6) is -2.68. The highest BCUT2D eigenvalue weighted by atomic mass is 32.1. The lowest BCUT2D eigenvalue weighted by molar-refractivity contribution is -0.203. The van der Waals surface area contributed by atoms with Crippen molar-refractivity contribution in [1.29, 1.82) is 0 Å². The molecule has 1 aromatic carbocycles. The third-order valence-electron chi connectivity index (χ3n) is 6.11. The van der Waals surface area contributed by atoms with Crippen LogP contribution in [0, 0.1) is 0 Å². The molecule has 2 aromatic heterocycles. The van der Waals surface area contributed by atoms with Crippen molar-refractivity contribution in [3.05, 3.63) is 50.5 Å². The van der Waals surface area contributed by atoms with Crippen LogP contribution in [-0.2, 0) is 23.7 Å². The number of anilines is 3. The molecule has 0 saturated carbocycles. The van der Waals surface area contributed by atoms with Crippen LogP contribution in [0.15, 0.2) is 39.2 Å². The summed E-state index contributed by atoms with van der Waals surface area (Å²) in [6, 6.07) is 7.40. The minimum Gasteiger partial charge on any atom is -0.327 e. The van der Waals surface area contributed by atoms with Crippen molar-refractivity contribution < 1.29 is 22.8 Å². The second-order valence-electron chi connectivity index (χ2n) is 8.20. The number of fused-ring (bicyclic) bond motifs is 2. The molecule has 1 saturated heterocycles. The van der Waals surface area contributed by atoms with Crippen molar-refractivity contribution in [2.24, 2.45) is 14.1 Å². The van der Waals surface area contributed by atoms with Gasteiger partial charge in [-0.2, -0.15) is 13.2 Å². The number of hydrogen-bond donors (Lipinski definition) is 1. The maximum Gasteiger partial charge on any atom is 0.493 e. The Morgan fingerprint density at radius 2 is 1.80 bits per heavy atom. The van der Waals surface area contributed by atoms with Gasteiger partial charge >= 0.3 is 17.8 Å². The smallest absolute Gasteiger partial charge is 0.327 e. The Hall–Kier alpha value is -3.36. The van der Waals surface area contributed by atoms with Crippen molar-refractivity contribution in [1.82, 2.24) is 19.4 Å². The van der Waals surface area contributed by atoms with E-state index in [1.165, 1.54) is 25.4 Å². The first-order valence-electron chi connectivity index (χ1n) is 10.7. The number of alkyl halides is 3. The summed E-state index contributed by atoms with van der Waals surface area (Å²) in [5, 5.41) is 6.48. The number of thiophene rings is 1. The summed E-state index contributed by atoms with van der Waals surface area (Å²) in [6.07, 6.45) is -6.41. The lowest BCUT2D eigenvalue weighted by Crippen LogP contribution is -2.60. The van der Waals surface area contributed by atoms with E-state index in [1.807, 2.05) is 24.3 Å². The third kappa shape index (κ3) is 3.68. The molecule has 0 radical (unpaired) electrons. The van der Waals surface area contributed by atoms with Gasteiger partial charge in [0, 0.05) is 55.7 Å². The van der Waals surface area contributed by atoms with Crippen LogP contribution in [0.25, 0.3) is 10.1 Å². The number of piperazine rings is 1. The summed E-state index contributed by atoms with van der Waals surface area (Å²) in [7, 11) is 2.61. The molecule has 2 aliphatic heterocycles. The molecular weight excluding hydrogens is 489 g/mol. The van der Waals surface area contributed by atoms with Crippen LogP contribution in [0.1, 0.15) is 0 Å². The number of halogens is 3. The summed E-state index contributed by atoms with van der Waals surface area (Å²) < 4.78 is 42.6. The average Bonchev–Trinajstić information content (AvgIpc) is 3.40. The molecule has 1 N–H and O–H groups in total. The second kappa shape index (κ2) is 8.39. The Morgan fingerprint density at radius 1 is 1.11 bits per heavy atom. The average molecular weight is 510 g/mol. The first-order chi connectivity index (χ1) is 16.6. The van der Waals surface area contributed by atoms with Crippen molar-refractivity contribution in [2.75, 3.05) is 36.1 Å². The van der Waals surface area contributed by atoms with Gasteiger partial charge in [-0.05, 0) is 6.07 Å². The van der Waals surface area contributed by atoms with Crippen LogP contribution < -0.4 is 26.5 Å². The van der Waals surface area contributed by atoms with E-state index in [2.05, 4.69) is 5.32 Å². The number of aromatic nitrogens is 2. The maximum absolute atomic E-state index is 13.4. The lowest BCUT2D eigenvalue weighted by Gasteiger charge is -2.40. The molecule has 14 heteroatoms. The molecule has 1 fully saturated rings. The first kappa shape index (κ1) is 23.4. The van der Waals surface area contributed by atoms with Crippen molar-refractivity contribution >= 4 is 44.6 Å². The van der Waals surface area contributed by atoms with Gasteiger partial charge in [-0.15, -0.1) is 16.4 Å². The fourth-order valence-electron chi connectivity index (χ4n) is 4.46. The van der Waals surface area contributed by atoms with E-state index >= 15 is 0 Å². The largest absolute Gasteiger partial charge is 0.493 e. The van der Waals surface area contributed by atoms with Crippen molar-refractivity contribution in [3.8, 4) is 0 Å². The van der Waals surface area contributed by atoms with Crippen LogP contribution in [-0.4, -0.2) is 58.6 Å². The van der Waals surface area contributed by atoms with E-state index in [-0.39, 0.29) is 11.5 Å². The van der Waals surface area contributed by atoms with Gasteiger partial charge < -0.3 is 10.2 Å². The zero-order valence-electron chi connectivity index (χ0n) is 18.7. The Kier molecular flexibility index (Phi) is 5.61. The summed E-state index contributed by atoms with van der Waals surface area (Å²) in [4.78, 5) is 46.5. The highest BCUT2D eigenvalue weighted by molar-refractivity contribution is 7.17. The minimum absolute atomic E-state index is 0.0586. The SMILES string of the molecule is Cn1c2c(c(=O)n(C)c1=O)N(c1csc3ccccc13)C(N1CCNCC1)N2OC(=O)C(F)(F)F. The zero-order chi connectivity index (χ0) is 25.1. The summed E-state index contributed by atoms with van der Waals surface area (Å²) >= 11 is 1.40. The molecule has 3 aromatic rings. The number of nitrogens with one attached hydrogen (secondary N) is 1. The Morgan fingerprint density at radius 3 is 2.49 bits per heavy atom. The molecular formula is C21H21F3N6O4S. The van der Waals surface area contributed by atoms with E-state index < -0.39 is 29.7 Å². The summed E-state index contributed by atoms with van der Waals surface area (Å²) in [6.45, 7) is 1.85. The van der Waals surface area contributed by atoms with Gasteiger partial charge in [0.05, 0.1) is 5.69 Å². The molecule has 186 valence electrons. The highest BCUT2D eigenvalue weighted by Crippen LogP contribution is 2.46. The fraction of sp³-hybridized carbons (Fsp3) is 0.381. The fourth-order valence-corrected chi connectivity index (χ4v) is 5.40. The van der Waals surface area contributed by atoms with Gasteiger partial charge in [-0.3, -0.25) is 23.7 Å². The zero-order valence-corrected chi connectivity index (χ0v) is 19.5. The molecule has 35 heavy (non-hydrogen) atoms. The lowest BCUT2D eigenvalue weighted by atomic mass is 10.2. The van der Waals surface area contributed by atoms with E-state index in [4.69, 9.17) is 4.84 Å². The van der Waals surface area contributed by atoms with E-state index in [9.17, 15) is 27.6 Å². The molecule has 0 bridgehead atoms. The van der Waals surface area contributed by atoms with Crippen LogP contribution in [0.5, 0.6) is 0 Å². The Bertz CT molecular complexity index is 1430. The molecule has 0 aliphatic carbocycles. The number of rotatable bonds is 3. The van der Waals surface area contributed by atoms with E-state index in [0.29, 0.717) is 31.9 Å². The monoisotopic (exact) mass is 510 g/mol. The van der Waals surface area contributed by atoms with E-state index in [1.54, 1.807) is 15.2 Å². The molecule has 0 amide bonds. The Balaban J connectivity index is 1.80. The number of nitrogens with zero attached hydrogens (tertiary/aromatic N) is 5. The standard InChI is InChI=1S/C21H21F3N6O4S/c1-26-16-15(17(31)27(2)20(26)33)29(13-11-35-14-6-4-3-5-12(13)14)19(28-9-7-25-8-10-28)30(16)34-18(32)21(22,23)24/h3-6,11,19,25H,7-10H2,1-2H3. The van der Waals surface area contributed by atoms with E-state index in [0.717, 1.165) is 24.3 Å². The number of hydrogen-bond acceptors (Lipinski definition) is 9. The van der Waals surface area contributed by atoms with Gasteiger partial charge in [0.15, 0.2) is 11.5 Å². The summed E-state index contributed by atoms with van der Waals surface area (Å²) in [5.41, 5.74) is -0.990. The predicted molar refractivity (Wildman–Crippen MR) is 124 cm³/mol. The van der Waals surface area contributed by atoms with Gasteiger partial charge in [0.25, 0.3) is 5.56 Å². The van der Waals surface area contributed by atoms with Crippen molar-refractivity contribution in [3.63, 3.8) is 0 Å². The molecule has 5 rings (SSSR count). The highest BCUT2D eigenvalue weighted by Gasteiger charge is 2.51. The molecule has 2 aliphatic rings. The van der Waals surface area contributed by atoms with Gasteiger partial charge in [-0.25, -0.2) is 9.59 Å². The van der Waals surface area contributed by atoms with Gasteiger partial charge in [-0.1, -0.05) is 18.2 Å². The van der Waals surface area contributed by atoms with Crippen molar-refractivity contribution in [2.45, 2.75) is 12.5 Å². The maximum atomic E-state index is 13.4. The quantitative estimate of drug-likeness (QED) is 0.567. The van der Waals surface area contributed by atoms with Crippen LogP contribution in [0.3, 0.4) is 0 Å². The number of benzene rings is 1. The third-order valence-corrected chi connectivity index (χ3v) is 7.06. The Labute approximate surface area is 200 Å². The molecule has 0 spiro atoms. The number of carbonyl (C=O) groups is 1. The second-order valence-corrected chi connectivity index (χ2v) is 9.11. The normalized spacial score (nSPS) is 18.8. The predicted octanol–water partition coefficient (Wildman–Crippen LogP) is 1.47. The molecule has 1 atom stereocenters. The topological polar surface area (TPSA) is 92.1 Å². The van der Waals surface area contributed by atoms with Crippen LogP contribution in [0.2, 0.25) is 0 Å². The number of carbonyl (C=O) groups excluding carboxylic acids is 1. The molecule has 10 nitrogen and oxygen atoms in total. The minimum atomic E-state index is -5.28.